The fraction of sp³-hybridized carbons (Fsp3) is 0.0392. The van der Waals surface area contributed by atoms with E-state index >= 15 is 0 Å². The van der Waals surface area contributed by atoms with Gasteiger partial charge in [0, 0.05) is 68.3 Å². The zero-order valence-corrected chi connectivity index (χ0v) is 32.3. The number of fused-ring (bicyclic) bond motifs is 10. The van der Waals surface area contributed by atoms with Gasteiger partial charge in [0.1, 0.15) is 5.82 Å². The molecule has 1 unspecified atom stereocenters. The van der Waals surface area contributed by atoms with Gasteiger partial charge in [-0.1, -0.05) is 133 Å². The second-order valence-corrected chi connectivity index (χ2v) is 16.9. The van der Waals surface area contributed by atoms with E-state index in [4.69, 9.17) is 15.0 Å². The molecule has 0 bridgehead atoms. The maximum absolute atomic E-state index is 5.06. The van der Waals surface area contributed by atoms with Gasteiger partial charge in [-0.2, -0.15) is 0 Å². The minimum Gasteiger partial charge on any atom is -0.309 e. The lowest BCUT2D eigenvalue weighted by atomic mass is 9.97. The van der Waals surface area contributed by atoms with Gasteiger partial charge in [-0.05, 0) is 65.2 Å². The summed E-state index contributed by atoms with van der Waals surface area (Å²) in [6.45, 7) is 0. The van der Waals surface area contributed by atoms with Gasteiger partial charge in [-0.15, -0.1) is 22.7 Å². The normalized spacial score (nSPS) is 14.0. The molecule has 57 heavy (non-hydrogen) atoms. The molecule has 12 rings (SSSR count). The first kappa shape index (κ1) is 32.5. The maximum Gasteiger partial charge on any atom is 0.163 e. The van der Waals surface area contributed by atoms with Crippen LogP contribution < -0.4 is 9.75 Å². The highest BCUT2D eigenvalue weighted by Gasteiger charge is 2.21. The molecule has 0 radical (unpaired) electrons. The highest BCUT2D eigenvalue weighted by molar-refractivity contribution is 7.26. The number of benzene rings is 7. The minimum atomic E-state index is 0.0501. The number of nitrogens with zero attached hydrogens (tertiary/aromatic N) is 4. The van der Waals surface area contributed by atoms with Crippen molar-refractivity contribution >= 4 is 86.9 Å². The molecule has 0 amide bonds. The van der Waals surface area contributed by atoms with Crippen molar-refractivity contribution in [3.8, 4) is 39.6 Å². The summed E-state index contributed by atoms with van der Waals surface area (Å²) in [5.41, 5.74) is 8.09. The Hall–Kier alpha value is -6.73. The van der Waals surface area contributed by atoms with Crippen molar-refractivity contribution in [3.05, 3.63) is 179 Å². The summed E-state index contributed by atoms with van der Waals surface area (Å²) in [5, 5.41) is 7.80. The van der Waals surface area contributed by atoms with Gasteiger partial charge in [-0.25, -0.2) is 15.0 Å². The highest BCUT2D eigenvalue weighted by Crippen LogP contribution is 2.44. The van der Waals surface area contributed by atoms with Crippen LogP contribution in [-0.4, -0.2) is 19.5 Å². The number of aromatic nitrogens is 4. The second-order valence-electron chi connectivity index (χ2n) is 14.7. The second kappa shape index (κ2) is 12.9. The maximum atomic E-state index is 5.06. The fourth-order valence-corrected chi connectivity index (χ4v) is 11.0. The Kier molecular flexibility index (Phi) is 7.37. The molecule has 0 saturated heterocycles. The lowest BCUT2D eigenvalue weighted by molar-refractivity contribution is 0.811. The molecule has 1 aliphatic carbocycles. The van der Waals surface area contributed by atoms with Gasteiger partial charge in [0.15, 0.2) is 11.6 Å². The summed E-state index contributed by atoms with van der Waals surface area (Å²) >= 11 is 3.73. The predicted octanol–water partition coefficient (Wildman–Crippen LogP) is 12.3. The molecule has 4 heterocycles. The summed E-state index contributed by atoms with van der Waals surface area (Å²) in [4.78, 5) is 15.0. The highest BCUT2D eigenvalue weighted by atomic mass is 32.1. The first-order chi connectivity index (χ1) is 28.2. The molecule has 268 valence electrons. The Morgan fingerprint density at radius 1 is 0.491 bits per heavy atom. The minimum absolute atomic E-state index is 0.0501. The van der Waals surface area contributed by atoms with Crippen molar-refractivity contribution in [1.29, 1.82) is 0 Å². The van der Waals surface area contributed by atoms with Crippen molar-refractivity contribution < 1.29 is 0 Å². The zero-order chi connectivity index (χ0) is 37.5. The molecule has 0 spiro atoms. The molecule has 7 aromatic carbocycles. The molecule has 0 saturated carbocycles. The number of para-hydroxylation sites is 1. The van der Waals surface area contributed by atoms with Crippen molar-refractivity contribution in [1.82, 2.24) is 19.5 Å². The molecule has 4 aromatic heterocycles. The largest absolute Gasteiger partial charge is 0.309 e. The van der Waals surface area contributed by atoms with Gasteiger partial charge in [0.25, 0.3) is 0 Å². The quantitative estimate of drug-likeness (QED) is 0.175. The molecule has 0 fully saturated rings. The lowest BCUT2D eigenvalue weighted by Gasteiger charge is -2.14. The molecule has 4 nitrogen and oxygen atoms in total. The third-order valence-electron chi connectivity index (χ3n) is 11.3. The Morgan fingerprint density at radius 2 is 1.16 bits per heavy atom. The average molecular weight is 765 g/mol. The van der Waals surface area contributed by atoms with Crippen molar-refractivity contribution in [3.63, 3.8) is 0 Å². The van der Waals surface area contributed by atoms with E-state index in [1.807, 2.05) is 59.1 Å². The molecular formula is C51H32N4S2. The van der Waals surface area contributed by atoms with E-state index in [1.54, 1.807) is 0 Å². The van der Waals surface area contributed by atoms with Crippen molar-refractivity contribution in [2.24, 2.45) is 0 Å². The van der Waals surface area contributed by atoms with Gasteiger partial charge >= 0.3 is 0 Å². The molecular weight excluding hydrogens is 733 g/mol. The van der Waals surface area contributed by atoms with E-state index in [0.29, 0.717) is 11.6 Å². The smallest absolute Gasteiger partial charge is 0.163 e. The molecule has 0 aliphatic heterocycles. The van der Waals surface area contributed by atoms with E-state index in [2.05, 4.69) is 144 Å². The Bertz CT molecular complexity index is 3430. The average Bonchev–Trinajstić information content (AvgIpc) is 3.95. The third kappa shape index (κ3) is 5.29. The van der Waals surface area contributed by atoms with Crippen molar-refractivity contribution in [2.75, 3.05) is 0 Å². The molecule has 11 aromatic rings. The Labute approximate surface area is 336 Å². The van der Waals surface area contributed by atoms with E-state index in [-0.39, 0.29) is 5.92 Å². The van der Waals surface area contributed by atoms with Crippen LogP contribution in [0.2, 0.25) is 0 Å². The van der Waals surface area contributed by atoms with Gasteiger partial charge in [-0.3, -0.25) is 0 Å². The van der Waals surface area contributed by atoms with E-state index in [0.717, 1.165) is 23.4 Å². The van der Waals surface area contributed by atoms with E-state index < -0.39 is 0 Å². The standard InChI is InChI=1S/C51H32N4S2/c1-4-12-31(13-5-1)49-52-50(32-14-6-2-7-15-32)54-51(53-49)35-21-24-38-37-23-20-34(29-45(37)57-46(38)30-35)33-22-26-42-41(28-33)39-25-27-44-47(40-18-10-11-19-43(40)56-44)48(39)55(42)36-16-8-3-9-17-36/h1-20,22-30,35H,21H2. The van der Waals surface area contributed by atoms with Crippen LogP contribution in [0, 0.1) is 0 Å². The number of hydrogen-bond donors (Lipinski definition) is 0. The first-order valence-electron chi connectivity index (χ1n) is 19.3. The van der Waals surface area contributed by atoms with Crippen LogP contribution in [0.25, 0.3) is 104 Å². The Morgan fingerprint density at radius 3 is 1.93 bits per heavy atom. The predicted molar refractivity (Wildman–Crippen MR) is 241 cm³/mol. The van der Waals surface area contributed by atoms with Crippen LogP contribution in [0.5, 0.6) is 0 Å². The molecule has 6 heteroatoms. The van der Waals surface area contributed by atoms with Gasteiger partial charge in [0.2, 0.25) is 0 Å². The van der Waals surface area contributed by atoms with Crippen LogP contribution in [0.1, 0.15) is 18.2 Å². The topological polar surface area (TPSA) is 43.6 Å². The number of hydrogen-bond acceptors (Lipinski definition) is 5. The summed E-state index contributed by atoms with van der Waals surface area (Å²) in [6, 6.07) is 58.7. The van der Waals surface area contributed by atoms with Crippen molar-refractivity contribution in [2.45, 2.75) is 12.3 Å². The fourth-order valence-electron chi connectivity index (χ4n) is 8.66. The molecule has 1 atom stereocenters. The van der Waals surface area contributed by atoms with Gasteiger partial charge in [0.05, 0.1) is 11.0 Å². The van der Waals surface area contributed by atoms with Gasteiger partial charge < -0.3 is 4.57 Å². The summed E-state index contributed by atoms with van der Waals surface area (Å²) < 4.78 is 7.66. The van der Waals surface area contributed by atoms with E-state index in [1.165, 1.54) is 78.6 Å². The van der Waals surface area contributed by atoms with Crippen LogP contribution in [0.15, 0.2) is 164 Å². The molecule has 0 N–H and O–H groups in total. The van der Waals surface area contributed by atoms with Crippen LogP contribution >= 0.6 is 22.7 Å². The first-order valence-corrected chi connectivity index (χ1v) is 20.9. The molecule has 1 aliphatic rings. The summed E-state index contributed by atoms with van der Waals surface area (Å²) in [7, 11) is 0. The third-order valence-corrected chi connectivity index (χ3v) is 13.6. The van der Waals surface area contributed by atoms with E-state index in [9.17, 15) is 0 Å². The monoisotopic (exact) mass is 764 g/mol. The number of thiophene rings is 2. The van der Waals surface area contributed by atoms with Crippen LogP contribution in [-0.2, 0) is 0 Å². The summed E-state index contributed by atoms with van der Waals surface area (Å²) in [6.07, 6.45) is 5.59. The van der Waals surface area contributed by atoms with Crippen LogP contribution in [0.4, 0.5) is 0 Å². The zero-order valence-electron chi connectivity index (χ0n) is 30.6. The summed E-state index contributed by atoms with van der Waals surface area (Å²) in [5.74, 6) is 2.26. The lowest BCUT2D eigenvalue weighted by Crippen LogP contribution is -2.24. The SMILES string of the molecule is C1=c2sc3cc(-c4ccc5c(c4)c4ccc6sc7ccccc7c6c4n5-c4ccccc4)ccc3c2=CCC1c1nc(-c2ccccc2)nc(-c2ccccc2)n1. The number of rotatable bonds is 5. The Balaban J connectivity index is 0.979. The van der Waals surface area contributed by atoms with Crippen LogP contribution in [0.3, 0.4) is 0 Å².